The quantitative estimate of drug-likeness (QED) is 0.278. The minimum absolute atomic E-state index is 0.0589. The van der Waals surface area contributed by atoms with E-state index < -0.39 is 5.97 Å². The van der Waals surface area contributed by atoms with Crippen LogP contribution in [0.15, 0.2) is 91.4 Å². The monoisotopic (exact) mass is 511 g/mol. The molecule has 0 aliphatic carbocycles. The number of benzene rings is 1. The Kier molecular flexibility index (Phi) is 9.61. The maximum Gasteiger partial charge on any atom is 0.307 e. The predicted octanol–water partition coefficient (Wildman–Crippen LogP) is 3.86. The molecular formula is C29H29N5O4. The number of ether oxygens (including phenoxy) is 1. The molecule has 9 heteroatoms. The fourth-order valence-corrected chi connectivity index (χ4v) is 3.81. The van der Waals surface area contributed by atoms with Crippen LogP contribution in [0.4, 0.5) is 5.69 Å². The summed E-state index contributed by atoms with van der Waals surface area (Å²) in [5, 5.41) is 11.6. The summed E-state index contributed by atoms with van der Waals surface area (Å²) in [4.78, 5) is 38.7. The van der Waals surface area contributed by atoms with Crippen molar-refractivity contribution in [1.29, 1.82) is 0 Å². The van der Waals surface area contributed by atoms with Crippen LogP contribution in [0.2, 0.25) is 0 Å². The molecule has 9 nitrogen and oxygen atoms in total. The molecule has 2 N–H and O–H groups in total. The summed E-state index contributed by atoms with van der Waals surface area (Å²) < 4.78 is 5.55. The van der Waals surface area contributed by atoms with Crippen molar-refractivity contribution in [3.05, 3.63) is 120 Å². The highest BCUT2D eigenvalue weighted by molar-refractivity contribution is 5.91. The van der Waals surface area contributed by atoms with Crippen LogP contribution < -0.4 is 5.32 Å². The second-order valence-corrected chi connectivity index (χ2v) is 8.75. The molecule has 0 spiro atoms. The zero-order valence-electron chi connectivity index (χ0n) is 20.9. The Balaban J connectivity index is 1.26. The fourth-order valence-electron chi connectivity index (χ4n) is 3.81. The molecule has 3 aromatic heterocycles. The first kappa shape index (κ1) is 26.6. The van der Waals surface area contributed by atoms with Gasteiger partial charge in [0.05, 0.1) is 30.1 Å². The molecule has 0 aliphatic heterocycles. The smallest absolute Gasteiger partial charge is 0.307 e. The highest BCUT2D eigenvalue weighted by atomic mass is 16.5. The molecular weight excluding hydrogens is 482 g/mol. The topological polar surface area (TPSA) is 118 Å². The van der Waals surface area contributed by atoms with Crippen LogP contribution in [0.1, 0.15) is 28.2 Å². The van der Waals surface area contributed by atoms with Crippen molar-refractivity contribution in [2.45, 2.75) is 32.7 Å². The van der Waals surface area contributed by atoms with E-state index in [1.165, 1.54) is 0 Å². The third kappa shape index (κ3) is 8.88. The highest BCUT2D eigenvalue weighted by Gasteiger charge is 2.11. The van der Waals surface area contributed by atoms with E-state index in [0.29, 0.717) is 30.9 Å². The average Bonchev–Trinajstić information content (AvgIpc) is 2.92. The largest absolute Gasteiger partial charge is 0.481 e. The number of anilines is 1. The number of carboxylic acids is 1. The van der Waals surface area contributed by atoms with E-state index in [1.807, 2.05) is 48.5 Å². The lowest BCUT2D eigenvalue weighted by Gasteiger charge is -2.21. The molecule has 0 atom stereocenters. The highest BCUT2D eigenvalue weighted by Crippen LogP contribution is 2.13. The maximum absolute atomic E-state index is 12.2. The second kappa shape index (κ2) is 13.7. The Labute approximate surface area is 221 Å². The molecule has 4 aromatic rings. The van der Waals surface area contributed by atoms with Crippen LogP contribution in [-0.2, 0) is 47.0 Å². The SMILES string of the molecule is O=C(O)Cc1ccc(NC(=O)COCc2ccc(CN(Cc3ccccn3)Cc3ccccn3)nc2)cc1. The number of amides is 1. The Morgan fingerprint density at radius 1 is 0.763 bits per heavy atom. The predicted molar refractivity (Wildman–Crippen MR) is 142 cm³/mol. The van der Waals surface area contributed by atoms with Gasteiger partial charge in [0.25, 0.3) is 0 Å². The third-order valence-electron chi connectivity index (χ3n) is 5.59. The molecule has 0 fully saturated rings. The van der Waals surface area contributed by atoms with Crippen molar-refractivity contribution in [1.82, 2.24) is 19.9 Å². The number of carboxylic acid groups (broad SMARTS) is 1. The van der Waals surface area contributed by atoms with E-state index in [2.05, 4.69) is 25.2 Å². The summed E-state index contributed by atoms with van der Waals surface area (Å²) in [6, 6.07) is 22.4. The first-order chi connectivity index (χ1) is 18.5. The van der Waals surface area contributed by atoms with E-state index in [9.17, 15) is 9.59 Å². The lowest BCUT2D eigenvalue weighted by Crippen LogP contribution is -2.24. The molecule has 0 saturated heterocycles. The molecule has 1 amide bonds. The third-order valence-corrected chi connectivity index (χ3v) is 5.59. The molecule has 194 valence electrons. The van der Waals surface area contributed by atoms with Gasteiger partial charge in [0, 0.05) is 43.9 Å². The summed E-state index contributed by atoms with van der Waals surface area (Å²) in [6.45, 7) is 2.11. The van der Waals surface area contributed by atoms with Crippen LogP contribution in [0.5, 0.6) is 0 Å². The zero-order valence-corrected chi connectivity index (χ0v) is 20.9. The van der Waals surface area contributed by atoms with Crippen molar-refractivity contribution in [3.63, 3.8) is 0 Å². The second-order valence-electron chi connectivity index (χ2n) is 8.75. The lowest BCUT2D eigenvalue weighted by atomic mass is 10.1. The fraction of sp³-hybridized carbons (Fsp3) is 0.207. The average molecular weight is 512 g/mol. The summed E-state index contributed by atoms with van der Waals surface area (Å²) in [5.41, 5.74) is 4.97. The van der Waals surface area contributed by atoms with Gasteiger partial charge in [-0.25, -0.2) is 0 Å². The molecule has 3 heterocycles. The van der Waals surface area contributed by atoms with Gasteiger partial charge < -0.3 is 15.2 Å². The summed E-state index contributed by atoms with van der Waals surface area (Å²) in [5.74, 6) is -1.19. The first-order valence-corrected chi connectivity index (χ1v) is 12.2. The Hall–Kier alpha value is -4.47. The van der Waals surface area contributed by atoms with E-state index in [0.717, 1.165) is 22.6 Å². The van der Waals surface area contributed by atoms with Crippen molar-refractivity contribution in [2.24, 2.45) is 0 Å². The number of pyridine rings is 3. The van der Waals surface area contributed by atoms with Gasteiger partial charge in [-0.15, -0.1) is 0 Å². The van der Waals surface area contributed by atoms with E-state index >= 15 is 0 Å². The van der Waals surface area contributed by atoms with Gasteiger partial charge in [0.15, 0.2) is 0 Å². The van der Waals surface area contributed by atoms with Crippen molar-refractivity contribution in [3.8, 4) is 0 Å². The van der Waals surface area contributed by atoms with Crippen LogP contribution >= 0.6 is 0 Å². The lowest BCUT2D eigenvalue weighted by molar-refractivity contribution is -0.136. The van der Waals surface area contributed by atoms with E-state index in [4.69, 9.17) is 9.84 Å². The standard InChI is InChI=1S/C29H29N5O4/c35-28(33-24-10-7-22(8-11-24)15-29(36)37)21-38-20-23-9-12-27(32-16-23)19-34(17-25-5-1-3-13-30-25)18-26-6-2-4-14-31-26/h1-14,16H,15,17-21H2,(H,33,35)(H,36,37). The summed E-state index contributed by atoms with van der Waals surface area (Å²) in [6.07, 6.45) is 5.28. The van der Waals surface area contributed by atoms with Crippen LogP contribution in [0.25, 0.3) is 0 Å². The van der Waals surface area contributed by atoms with Crippen LogP contribution in [0.3, 0.4) is 0 Å². The van der Waals surface area contributed by atoms with Gasteiger partial charge in [-0.3, -0.25) is 29.4 Å². The van der Waals surface area contributed by atoms with Gasteiger partial charge >= 0.3 is 5.97 Å². The number of nitrogens with one attached hydrogen (secondary N) is 1. The molecule has 0 bridgehead atoms. The number of hydrogen-bond acceptors (Lipinski definition) is 7. The minimum atomic E-state index is -0.899. The number of hydrogen-bond donors (Lipinski definition) is 2. The Morgan fingerprint density at radius 2 is 1.37 bits per heavy atom. The Morgan fingerprint density at radius 3 is 1.89 bits per heavy atom. The molecule has 0 unspecified atom stereocenters. The number of carbonyl (C=O) groups is 2. The number of aromatic nitrogens is 3. The maximum atomic E-state index is 12.2. The molecule has 0 radical (unpaired) electrons. The van der Waals surface area contributed by atoms with E-state index in [-0.39, 0.29) is 25.5 Å². The van der Waals surface area contributed by atoms with Crippen molar-refractivity contribution in [2.75, 3.05) is 11.9 Å². The molecule has 0 saturated carbocycles. The van der Waals surface area contributed by atoms with E-state index in [1.54, 1.807) is 42.9 Å². The molecule has 38 heavy (non-hydrogen) atoms. The molecule has 1 aromatic carbocycles. The summed E-state index contributed by atoms with van der Waals surface area (Å²) >= 11 is 0. The van der Waals surface area contributed by atoms with Gasteiger partial charge in [-0.05, 0) is 53.6 Å². The normalized spacial score (nSPS) is 10.9. The van der Waals surface area contributed by atoms with Crippen molar-refractivity contribution >= 4 is 17.6 Å². The summed E-state index contributed by atoms with van der Waals surface area (Å²) in [7, 11) is 0. The number of nitrogens with zero attached hydrogens (tertiary/aromatic N) is 4. The molecule has 4 rings (SSSR count). The molecule has 0 aliphatic rings. The Bertz CT molecular complexity index is 1260. The first-order valence-electron chi connectivity index (χ1n) is 12.2. The zero-order chi connectivity index (χ0) is 26.6. The van der Waals surface area contributed by atoms with Crippen LogP contribution in [0, 0.1) is 0 Å². The van der Waals surface area contributed by atoms with Gasteiger partial charge in [0.1, 0.15) is 6.61 Å². The van der Waals surface area contributed by atoms with Gasteiger partial charge in [-0.1, -0.05) is 30.3 Å². The van der Waals surface area contributed by atoms with Crippen molar-refractivity contribution < 1.29 is 19.4 Å². The number of aliphatic carboxylic acids is 1. The van der Waals surface area contributed by atoms with Crippen LogP contribution in [-0.4, -0.2) is 43.4 Å². The van der Waals surface area contributed by atoms with Gasteiger partial charge in [0.2, 0.25) is 5.91 Å². The number of carbonyl (C=O) groups excluding carboxylic acids is 1. The van der Waals surface area contributed by atoms with Gasteiger partial charge in [-0.2, -0.15) is 0 Å². The number of rotatable bonds is 13. The minimum Gasteiger partial charge on any atom is -0.481 e.